The van der Waals surface area contributed by atoms with Gasteiger partial charge in [-0.1, -0.05) is 24.3 Å². The van der Waals surface area contributed by atoms with Crippen molar-refractivity contribution in [2.45, 2.75) is 37.1 Å². The molecular weight excluding hydrogens is 442 g/mol. The van der Waals surface area contributed by atoms with Crippen LogP contribution in [0.15, 0.2) is 64.6 Å². The number of nitrogens with zero attached hydrogens (tertiary/aromatic N) is 1. The summed E-state index contributed by atoms with van der Waals surface area (Å²) in [5.74, 6) is -0.347. The molecule has 0 radical (unpaired) electrons. The van der Waals surface area contributed by atoms with Crippen LogP contribution in [0.2, 0.25) is 0 Å². The van der Waals surface area contributed by atoms with Crippen LogP contribution in [0, 0.1) is 0 Å². The number of aromatic amines is 1. The molecule has 0 unspecified atom stereocenters. The lowest BCUT2D eigenvalue weighted by molar-refractivity contribution is -0.125. The van der Waals surface area contributed by atoms with E-state index in [4.69, 9.17) is 0 Å². The van der Waals surface area contributed by atoms with Gasteiger partial charge in [-0.15, -0.1) is 0 Å². The zero-order chi connectivity index (χ0) is 23.4. The summed E-state index contributed by atoms with van der Waals surface area (Å²) in [4.78, 5) is 32.1. The van der Waals surface area contributed by atoms with Gasteiger partial charge < -0.3 is 15.6 Å². The van der Waals surface area contributed by atoms with Gasteiger partial charge in [0.15, 0.2) is 0 Å². The molecule has 1 aliphatic rings. The standard InChI is InChI=1S/C23H25N5O4S/c1-15(29)26-21(12-16-14-25-20-9-3-2-8-19(16)20)23(30)27-17-6-4-7-18(13-17)33(31,32)28-22-10-5-11-24-22/h2-4,6-9,13-14,21,25H,5,10-12H2,1H3,(H,24,28)(H,26,29)(H,27,30)/t21-/m0/s1. The third kappa shape index (κ3) is 5.40. The van der Waals surface area contributed by atoms with Crippen LogP contribution < -0.4 is 15.4 Å². The molecule has 0 saturated carbocycles. The molecule has 1 aliphatic heterocycles. The second-order valence-electron chi connectivity index (χ2n) is 7.87. The molecular formula is C23H25N5O4S. The maximum Gasteiger partial charge on any atom is 0.262 e. The third-order valence-electron chi connectivity index (χ3n) is 5.33. The number of carbonyl (C=O) groups is 2. The normalized spacial score (nSPS) is 14.5. The Balaban J connectivity index is 1.52. The zero-order valence-corrected chi connectivity index (χ0v) is 18.9. The fraction of sp³-hybridized carbons (Fsp3) is 0.261. The lowest BCUT2D eigenvalue weighted by atomic mass is 10.0. The molecule has 9 nitrogen and oxygen atoms in total. The first-order valence-electron chi connectivity index (χ1n) is 10.6. The van der Waals surface area contributed by atoms with Gasteiger partial charge in [0.1, 0.15) is 11.9 Å². The van der Waals surface area contributed by atoms with Crippen molar-refractivity contribution in [1.82, 2.24) is 15.0 Å². The minimum atomic E-state index is -3.81. The first kappa shape index (κ1) is 22.5. The van der Waals surface area contributed by atoms with Crippen LogP contribution in [0.3, 0.4) is 0 Å². The number of benzene rings is 2. The van der Waals surface area contributed by atoms with E-state index >= 15 is 0 Å². The number of para-hydroxylation sites is 1. The molecule has 4 rings (SSSR count). The van der Waals surface area contributed by atoms with Crippen molar-refractivity contribution in [3.8, 4) is 0 Å². The van der Waals surface area contributed by atoms with Gasteiger partial charge in [-0.3, -0.25) is 19.3 Å². The monoisotopic (exact) mass is 467 g/mol. The number of amidine groups is 1. The van der Waals surface area contributed by atoms with Crippen molar-refractivity contribution in [2.75, 3.05) is 11.9 Å². The number of hydrogen-bond acceptors (Lipinski definition) is 5. The average Bonchev–Trinajstić information content (AvgIpc) is 3.43. The minimum absolute atomic E-state index is 0.0163. The highest BCUT2D eigenvalue weighted by Crippen LogP contribution is 2.21. The van der Waals surface area contributed by atoms with Crippen LogP contribution in [0.4, 0.5) is 5.69 Å². The van der Waals surface area contributed by atoms with Crippen LogP contribution in [-0.2, 0) is 26.0 Å². The third-order valence-corrected chi connectivity index (χ3v) is 6.71. The van der Waals surface area contributed by atoms with Gasteiger partial charge in [0.2, 0.25) is 11.8 Å². The van der Waals surface area contributed by atoms with Gasteiger partial charge in [-0.05, 0) is 36.2 Å². The molecule has 0 fully saturated rings. The second kappa shape index (κ2) is 9.45. The lowest BCUT2D eigenvalue weighted by Crippen LogP contribution is -2.44. The quantitative estimate of drug-likeness (QED) is 0.424. The number of sulfonamides is 1. The number of amides is 2. The number of aromatic nitrogens is 1. The predicted molar refractivity (Wildman–Crippen MR) is 127 cm³/mol. The smallest absolute Gasteiger partial charge is 0.262 e. The van der Waals surface area contributed by atoms with E-state index < -0.39 is 22.0 Å². The molecule has 172 valence electrons. The lowest BCUT2D eigenvalue weighted by Gasteiger charge is -2.18. The number of aliphatic imine (C=N–C) groups is 1. The van der Waals surface area contributed by atoms with Crippen LogP contribution >= 0.6 is 0 Å². The van der Waals surface area contributed by atoms with E-state index in [0.717, 1.165) is 22.9 Å². The number of fused-ring (bicyclic) bond motifs is 1. The van der Waals surface area contributed by atoms with Gasteiger partial charge in [0.25, 0.3) is 10.0 Å². The Morgan fingerprint density at radius 1 is 1.15 bits per heavy atom. The number of rotatable bonds is 7. The van der Waals surface area contributed by atoms with Gasteiger partial charge >= 0.3 is 0 Å². The van der Waals surface area contributed by atoms with Gasteiger partial charge in [0, 0.05) is 49.1 Å². The van der Waals surface area contributed by atoms with E-state index in [0.29, 0.717) is 24.5 Å². The largest absolute Gasteiger partial charge is 0.361 e. The van der Waals surface area contributed by atoms with Gasteiger partial charge in [-0.2, -0.15) is 0 Å². The second-order valence-corrected chi connectivity index (χ2v) is 9.55. The molecule has 3 aromatic rings. The van der Waals surface area contributed by atoms with Gasteiger partial charge in [-0.25, -0.2) is 8.42 Å². The molecule has 0 aliphatic carbocycles. The highest BCUT2D eigenvalue weighted by Gasteiger charge is 2.23. The summed E-state index contributed by atoms with van der Waals surface area (Å²) in [5.41, 5.74) is 2.13. The Morgan fingerprint density at radius 3 is 2.73 bits per heavy atom. The first-order valence-corrected chi connectivity index (χ1v) is 12.1. The molecule has 10 heteroatoms. The topological polar surface area (TPSA) is 133 Å². The first-order chi connectivity index (χ1) is 15.8. The van der Waals surface area contributed by atoms with E-state index in [1.54, 1.807) is 12.1 Å². The predicted octanol–water partition coefficient (Wildman–Crippen LogP) is 2.32. The Bertz CT molecular complexity index is 1330. The molecule has 0 saturated heterocycles. The summed E-state index contributed by atoms with van der Waals surface area (Å²) in [5, 5.41) is 6.38. The summed E-state index contributed by atoms with van der Waals surface area (Å²) >= 11 is 0. The SMILES string of the molecule is CC(=O)N[C@@H](Cc1c[nH]c2ccccc12)C(=O)Nc1cccc(S(=O)(=O)NC2=NCCC2)c1. The number of hydrogen-bond donors (Lipinski definition) is 4. The molecule has 4 N–H and O–H groups in total. The number of H-pyrrole nitrogens is 1. The van der Waals surface area contributed by atoms with Crippen molar-refractivity contribution in [3.63, 3.8) is 0 Å². The van der Waals surface area contributed by atoms with Crippen LogP contribution in [0.5, 0.6) is 0 Å². The summed E-state index contributed by atoms with van der Waals surface area (Å²) in [6.07, 6.45) is 3.49. The van der Waals surface area contributed by atoms with Crippen molar-refractivity contribution in [1.29, 1.82) is 0 Å². The van der Waals surface area contributed by atoms with E-state index in [9.17, 15) is 18.0 Å². The Kier molecular flexibility index (Phi) is 6.45. The number of carbonyl (C=O) groups excluding carboxylic acids is 2. The fourth-order valence-electron chi connectivity index (χ4n) is 3.78. The molecule has 2 aromatic carbocycles. The molecule has 2 heterocycles. The van der Waals surface area contributed by atoms with Crippen LogP contribution in [0.25, 0.3) is 10.9 Å². The molecule has 2 amide bonds. The fourth-order valence-corrected chi connectivity index (χ4v) is 4.92. The maximum atomic E-state index is 13.0. The van der Waals surface area contributed by atoms with Crippen molar-refractivity contribution in [2.24, 2.45) is 4.99 Å². The van der Waals surface area contributed by atoms with Crippen molar-refractivity contribution < 1.29 is 18.0 Å². The molecule has 0 spiro atoms. The van der Waals surface area contributed by atoms with Crippen molar-refractivity contribution >= 4 is 44.3 Å². The van der Waals surface area contributed by atoms with Crippen LogP contribution in [-0.4, -0.2) is 43.6 Å². The average molecular weight is 468 g/mol. The van der Waals surface area contributed by atoms with E-state index in [1.165, 1.54) is 19.1 Å². The summed E-state index contributed by atoms with van der Waals surface area (Å²) < 4.78 is 27.8. The van der Waals surface area contributed by atoms with Crippen LogP contribution in [0.1, 0.15) is 25.3 Å². The Morgan fingerprint density at radius 2 is 1.97 bits per heavy atom. The molecule has 1 aromatic heterocycles. The highest BCUT2D eigenvalue weighted by atomic mass is 32.2. The van der Waals surface area contributed by atoms with E-state index in [2.05, 4.69) is 25.3 Å². The number of anilines is 1. The maximum absolute atomic E-state index is 13.0. The molecule has 33 heavy (non-hydrogen) atoms. The summed E-state index contributed by atoms with van der Waals surface area (Å²) in [6.45, 7) is 1.95. The summed E-state index contributed by atoms with van der Waals surface area (Å²) in [6, 6.07) is 12.8. The summed E-state index contributed by atoms with van der Waals surface area (Å²) in [7, 11) is -3.81. The highest BCUT2D eigenvalue weighted by molar-refractivity contribution is 7.90. The Hall–Kier alpha value is -3.66. The Labute approximate surface area is 191 Å². The van der Waals surface area contributed by atoms with Gasteiger partial charge in [0.05, 0.1) is 4.90 Å². The van der Waals surface area contributed by atoms with Crippen molar-refractivity contribution in [3.05, 3.63) is 60.3 Å². The zero-order valence-electron chi connectivity index (χ0n) is 18.1. The molecule has 1 atom stereocenters. The van der Waals surface area contributed by atoms with E-state index in [1.807, 2.05) is 30.5 Å². The molecule has 0 bridgehead atoms. The number of nitrogens with one attached hydrogen (secondary N) is 4. The van der Waals surface area contributed by atoms with E-state index in [-0.39, 0.29) is 17.2 Å². The minimum Gasteiger partial charge on any atom is -0.361 e.